The van der Waals surface area contributed by atoms with E-state index in [-0.39, 0.29) is 23.8 Å². The molecular formula is C34H64O4. The summed E-state index contributed by atoms with van der Waals surface area (Å²) in [5.74, 6) is 3.11. The van der Waals surface area contributed by atoms with Crippen molar-refractivity contribution in [3.05, 3.63) is 0 Å². The quantitative estimate of drug-likeness (QED) is 0.102. The molecule has 0 saturated heterocycles. The molecule has 0 N–H and O–H groups in total. The zero-order valence-electron chi connectivity index (χ0n) is 26.2. The number of carbonyl (C=O) groups excluding carboxylic acids is 2. The van der Waals surface area contributed by atoms with Crippen molar-refractivity contribution >= 4 is 11.9 Å². The van der Waals surface area contributed by atoms with Crippen molar-refractivity contribution in [1.82, 2.24) is 0 Å². The number of hydrogen-bond acceptors (Lipinski definition) is 4. The Morgan fingerprint density at radius 2 is 0.895 bits per heavy atom. The molecule has 0 bridgehead atoms. The monoisotopic (exact) mass is 536 g/mol. The average molecular weight is 537 g/mol. The van der Waals surface area contributed by atoms with Crippen molar-refractivity contribution in [2.24, 2.45) is 35.5 Å². The summed E-state index contributed by atoms with van der Waals surface area (Å²) >= 11 is 0. The molecule has 0 radical (unpaired) electrons. The van der Waals surface area contributed by atoms with Gasteiger partial charge in [-0.05, 0) is 75.0 Å². The maximum atomic E-state index is 12.5. The molecule has 1 aliphatic carbocycles. The first-order chi connectivity index (χ1) is 18.3. The van der Waals surface area contributed by atoms with Crippen LogP contribution < -0.4 is 0 Å². The Morgan fingerprint density at radius 1 is 0.553 bits per heavy atom. The second-order valence-electron chi connectivity index (χ2n) is 13.0. The van der Waals surface area contributed by atoms with Crippen molar-refractivity contribution in [1.29, 1.82) is 0 Å². The van der Waals surface area contributed by atoms with Gasteiger partial charge in [-0.1, -0.05) is 106 Å². The smallest absolute Gasteiger partial charge is 0.308 e. The molecule has 4 heteroatoms. The molecule has 1 aliphatic rings. The maximum Gasteiger partial charge on any atom is 0.308 e. The lowest BCUT2D eigenvalue weighted by atomic mass is 9.82. The van der Waals surface area contributed by atoms with E-state index in [0.29, 0.717) is 13.2 Å². The molecule has 0 aromatic carbocycles. The molecule has 4 nitrogen and oxygen atoms in total. The first-order valence-electron chi connectivity index (χ1n) is 16.6. The third-order valence-corrected chi connectivity index (χ3v) is 9.07. The maximum absolute atomic E-state index is 12.5. The van der Waals surface area contributed by atoms with Crippen LogP contribution in [0.4, 0.5) is 0 Å². The highest BCUT2D eigenvalue weighted by atomic mass is 16.5. The molecule has 1 fully saturated rings. The number of unbranched alkanes of at least 4 members (excludes halogenated alkanes) is 6. The van der Waals surface area contributed by atoms with Gasteiger partial charge in [-0.2, -0.15) is 0 Å². The third kappa shape index (κ3) is 16.8. The van der Waals surface area contributed by atoms with Crippen LogP contribution in [-0.4, -0.2) is 25.2 Å². The van der Waals surface area contributed by atoms with Crippen molar-refractivity contribution in [2.45, 2.75) is 157 Å². The fourth-order valence-electron chi connectivity index (χ4n) is 5.99. The van der Waals surface area contributed by atoms with Crippen LogP contribution in [-0.2, 0) is 19.1 Å². The van der Waals surface area contributed by atoms with Gasteiger partial charge in [0.15, 0.2) is 0 Å². The van der Waals surface area contributed by atoms with Gasteiger partial charge in [-0.3, -0.25) is 9.59 Å². The average Bonchev–Trinajstić information content (AvgIpc) is 2.91. The zero-order chi connectivity index (χ0) is 28.2. The van der Waals surface area contributed by atoms with E-state index in [1.807, 2.05) is 0 Å². The number of rotatable bonds is 22. The van der Waals surface area contributed by atoms with Gasteiger partial charge in [-0.25, -0.2) is 0 Å². The van der Waals surface area contributed by atoms with Crippen LogP contribution in [0.15, 0.2) is 0 Å². The summed E-state index contributed by atoms with van der Waals surface area (Å²) in [6.45, 7) is 15.1. The summed E-state index contributed by atoms with van der Waals surface area (Å²) in [6.07, 6.45) is 20.1. The van der Waals surface area contributed by atoms with Crippen LogP contribution in [0.1, 0.15) is 157 Å². The summed E-state index contributed by atoms with van der Waals surface area (Å²) in [5.41, 5.74) is 0. The minimum absolute atomic E-state index is 0.0387. The van der Waals surface area contributed by atoms with E-state index in [2.05, 4.69) is 41.5 Å². The molecule has 0 heterocycles. The van der Waals surface area contributed by atoms with E-state index in [1.165, 1.54) is 64.2 Å². The molecule has 1 saturated carbocycles. The van der Waals surface area contributed by atoms with Crippen LogP contribution in [0.2, 0.25) is 0 Å². The Morgan fingerprint density at radius 3 is 1.24 bits per heavy atom. The zero-order valence-corrected chi connectivity index (χ0v) is 26.2. The summed E-state index contributed by atoms with van der Waals surface area (Å²) in [6, 6.07) is 0. The molecule has 0 spiro atoms. The van der Waals surface area contributed by atoms with Gasteiger partial charge in [0, 0.05) is 0 Å². The van der Waals surface area contributed by atoms with Crippen molar-refractivity contribution in [3.63, 3.8) is 0 Å². The fourth-order valence-corrected chi connectivity index (χ4v) is 5.99. The summed E-state index contributed by atoms with van der Waals surface area (Å²) in [5, 5.41) is 0. The van der Waals surface area contributed by atoms with E-state index in [1.54, 1.807) is 0 Å². The SMILES string of the molecule is CCC(C)CC(C)CCCCCCOC(=O)C1CCC(C(=O)OCCCCCCC(C)CC(C)CC)CC1. The normalized spacial score (nSPS) is 20.9. The predicted molar refractivity (Wildman–Crippen MR) is 160 cm³/mol. The largest absolute Gasteiger partial charge is 0.465 e. The molecule has 1 rings (SSSR count). The molecule has 0 aromatic rings. The molecule has 224 valence electrons. The van der Waals surface area contributed by atoms with E-state index in [0.717, 1.165) is 75.0 Å². The molecule has 0 aliphatic heterocycles. The predicted octanol–water partition coefficient (Wildman–Crippen LogP) is 9.92. The van der Waals surface area contributed by atoms with Crippen molar-refractivity contribution < 1.29 is 19.1 Å². The van der Waals surface area contributed by atoms with Gasteiger partial charge in [0.2, 0.25) is 0 Å². The highest BCUT2D eigenvalue weighted by Crippen LogP contribution is 2.30. The standard InChI is InChI=1S/C34H64O4/c1-7-27(3)25-29(5)17-13-9-11-15-23-37-33(35)31-19-21-32(22-20-31)34(36)38-24-16-12-10-14-18-30(6)26-28(4)8-2/h27-32H,7-26H2,1-6H3. The first kappa shape index (κ1) is 35.0. The molecule has 0 amide bonds. The van der Waals surface area contributed by atoms with Crippen molar-refractivity contribution in [2.75, 3.05) is 13.2 Å². The van der Waals surface area contributed by atoms with Crippen LogP contribution in [0.25, 0.3) is 0 Å². The van der Waals surface area contributed by atoms with Gasteiger partial charge in [0.25, 0.3) is 0 Å². The third-order valence-electron chi connectivity index (χ3n) is 9.07. The Kier molecular flexibility index (Phi) is 20.0. The van der Waals surface area contributed by atoms with Crippen molar-refractivity contribution in [3.8, 4) is 0 Å². The number of carbonyl (C=O) groups is 2. The summed E-state index contributed by atoms with van der Waals surface area (Å²) in [4.78, 5) is 24.9. The lowest BCUT2D eigenvalue weighted by Crippen LogP contribution is -2.28. The van der Waals surface area contributed by atoms with Gasteiger partial charge in [-0.15, -0.1) is 0 Å². The lowest BCUT2D eigenvalue weighted by Gasteiger charge is -2.26. The van der Waals surface area contributed by atoms with Gasteiger partial charge in [0.05, 0.1) is 25.0 Å². The highest BCUT2D eigenvalue weighted by Gasteiger charge is 2.31. The second kappa shape index (κ2) is 21.7. The lowest BCUT2D eigenvalue weighted by molar-refractivity contribution is -0.155. The minimum Gasteiger partial charge on any atom is -0.465 e. The van der Waals surface area contributed by atoms with Gasteiger partial charge in [0.1, 0.15) is 0 Å². The van der Waals surface area contributed by atoms with E-state index < -0.39 is 0 Å². The molecule has 4 unspecified atom stereocenters. The molecule has 38 heavy (non-hydrogen) atoms. The Bertz CT molecular complexity index is 543. The van der Waals surface area contributed by atoms with E-state index in [9.17, 15) is 9.59 Å². The van der Waals surface area contributed by atoms with Crippen LogP contribution in [0.3, 0.4) is 0 Å². The molecule has 4 atom stereocenters. The second-order valence-corrected chi connectivity index (χ2v) is 13.0. The minimum atomic E-state index is -0.0579. The summed E-state index contributed by atoms with van der Waals surface area (Å²) in [7, 11) is 0. The number of esters is 2. The Labute approximate surface area is 236 Å². The number of ether oxygens (including phenoxy) is 2. The van der Waals surface area contributed by atoms with Gasteiger partial charge < -0.3 is 9.47 Å². The highest BCUT2D eigenvalue weighted by molar-refractivity contribution is 5.75. The van der Waals surface area contributed by atoms with Crippen LogP contribution in [0, 0.1) is 35.5 Å². The first-order valence-corrected chi connectivity index (χ1v) is 16.6. The van der Waals surface area contributed by atoms with Crippen LogP contribution in [0.5, 0.6) is 0 Å². The molecule has 0 aromatic heterocycles. The Hall–Kier alpha value is -1.06. The molecular weight excluding hydrogens is 472 g/mol. The Balaban J connectivity index is 2.01. The van der Waals surface area contributed by atoms with Crippen LogP contribution >= 0.6 is 0 Å². The van der Waals surface area contributed by atoms with E-state index >= 15 is 0 Å². The van der Waals surface area contributed by atoms with E-state index in [4.69, 9.17) is 9.47 Å². The van der Waals surface area contributed by atoms with Gasteiger partial charge >= 0.3 is 11.9 Å². The fraction of sp³-hybridized carbons (Fsp3) is 0.941. The topological polar surface area (TPSA) is 52.6 Å². The summed E-state index contributed by atoms with van der Waals surface area (Å²) < 4.78 is 11.1. The number of hydrogen-bond donors (Lipinski definition) is 0.